The first-order valence-corrected chi connectivity index (χ1v) is 24.6. The largest absolute Gasteiger partial charge is 0.485 e. The van der Waals surface area contributed by atoms with E-state index < -0.39 is 0 Å². The predicted molar refractivity (Wildman–Crippen MR) is 259 cm³/mol. The number of likely N-dealkylation sites (tertiary alicyclic amines) is 1. The molecule has 9 aliphatic carbocycles. The summed E-state index contributed by atoms with van der Waals surface area (Å²) >= 11 is 0. The molecule has 1 saturated heterocycles. The number of allylic oxidation sites excluding steroid dienone is 4. The third-order valence-corrected chi connectivity index (χ3v) is 20.1. The molecule has 3 fully saturated rings. The second-order valence-corrected chi connectivity index (χ2v) is 22.5. The molecule has 10 aromatic rings. The average molecular weight is 832 g/mol. The van der Waals surface area contributed by atoms with Crippen molar-refractivity contribution in [1.29, 1.82) is 0 Å². The first-order valence-electron chi connectivity index (χ1n) is 24.6. The van der Waals surface area contributed by atoms with E-state index in [9.17, 15) is 0 Å². The van der Waals surface area contributed by atoms with Crippen molar-refractivity contribution in [2.45, 2.75) is 62.2 Å². The van der Waals surface area contributed by atoms with E-state index >= 15 is 0 Å². The van der Waals surface area contributed by atoms with Gasteiger partial charge < -0.3 is 9.47 Å². The van der Waals surface area contributed by atoms with Crippen LogP contribution in [0.2, 0.25) is 0 Å². The first-order chi connectivity index (χ1) is 32.1. The van der Waals surface area contributed by atoms with Gasteiger partial charge in [0.2, 0.25) is 0 Å². The summed E-state index contributed by atoms with van der Waals surface area (Å²) in [6, 6.07) is 33.8. The third kappa shape index (κ3) is 3.12. The van der Waals surface area contributed by atoms with Gasteiger partial charge in [-0.3, -0.25) is 4.90 Å². The summed E-state index contributed by atoms with van der Waals surface area (Å²) in [5.74, 6) is 4.90. The van der Waals surface area contributed by atoms with Crippen molar-refractivity contribution in [2.75, 3.05) is 13.6 Å². The van der Waals surface area contributed by atoms with Crippen LogP contribution in [0, 0.1) is 23.7 Å². The second-order valence-electron chi connectivity index (χ2n) is 22.5. The summed E-state index contributed by atoms with van der Waals surface area (Å²) in [5, 5.41) is 23.4. The summed E-state index contributed by atoms with van der Waals surface area (Å²) in [4.78, 5) is 2.78. The predicted octanol–water partition coefficient (Wildman–Crippen LogP) is 11.7. The van der Waals surface area contributed by atoms with Crippen LogP contribution in [-0.4, -0.2) is 18.5 Å². The molecule has 2 saturated carbocycles. The van der Waals surface area contributed by atoms with Crippen LogP contribution in [0.4, 0.5) is 0 Å². The molecule has 0 radical (unpaired) electrons. The molecular weight excluding hydrogens is 791 g/mol. The Balaban J connectivity index is 0.886. The highest BCUT2D eigenvalue weighted by atomic mass is 16.5. The standard InChI is InChI=1S/C62H41NO2/c1-63-25-62-22-35-19-33-17-30-14-29-15-32-16-31-18-34-20-36(59(62)61(63)28-12-13-37(64-23-26-8-4-2-5-9-26)38(21-28)65-24-27-10-6-3-7-11-27)46-51-42(34)41(31)48-43(32)47-39(29)40(30)49-44(33)50-45(35)60(62)58(46)57-55(50)53(49)52(47)54(48)56(51)57/h2-13,15,17,19-21,31-32,36,41,43,59,61H,14,16,18,22-25H2,1H3. The van der Waals surface area contributed by atoms with Gasteiger partial charge in [0.25, 0.3) is 0 Å². The molecule has 10 aliphatic rings. The Bertz CT molecular complexity index is 4210. The zero-order valence-corrected chi connectivity index (χ0v) is 36.1. The fraction of sp³-hybridized carbons (Fsp3) is 0.258. The van der Waals surface area contributed by atoms with E-state index in [1.165, 1.54) is 29.4 Å². The lowest BCUT2D eigenvalue weighted by Gasteiger charge is -2.45. The molecule has 8 atom stereocenters. The van der Waals surface area contributed by atoms with Crippen molar-refractivity contribution in [3.63, 3.8) is 0 Å². The maximum atomic E-state index is 6.86. The van der Waals surface area contributed by atoms with Crippen molar-refractivity contribution >= 4 is 81.4 Å². The fourth-order valence-corrected chi connectivity index (χ4v) is 18.7. The molecule has 10 aromatic carbocycles. The van der Waals surface area contributed by atoms with Gasteiger partial charge in [-0.1, -0.05) is 91.0 Å². The molecule has 0 N–H and O–H groups in total. The molecular formula is C62H41NO2. The summed E-state index contributed by atoms with van der Waals surface area (Å²) in [6.45, 7) is 2.08. The highest BCUT2D eigenvalue weighted by Gasteiger charge is 2.64. The van der Waals surface area contributed by atoms with Gasteiger partial charge in [-0.05, 0) is 204 Å². The number of fused-ring (bicyclic) bond motifs is 1. The molecule has 8 unspecified atom stereocenters. The fourth-order valence-electron chi connectivity index (χ4n) is 18.7. The van der Waals surface area contributed by atoms with Crippen LogP contribution < -0.4 is 19.9 Å². The van der Waals surface area contributed by atoms with Crippen LogP contribution in [0.1, 0.15) is 80.8 Å². The van der Waals surface area contributed by atoms with Crippen molar-refractivity contribution in [3.8, 4) is 11.5 Å². The highest BCUT2D eigenvalue weighted by molar-refractivity contribution is 6.51. The molecule has 0 amide bonds. The Morgan fingerprint density at radius 3 is 2.25 bits per heavy atom. The first kappa shape index (κ1) is 32.3. The van der Waals surface area contributed by atoms with E-state index in [4.69, 9.17) is 9.47 Å². The molecule has 306 valence electrons. The molecule has 20 rings (SSSR count). The Morgan fingerprint density at radius 1 is 0.646 bits per heavy atom. The summed E-state index contributed by atoms with van der Waals surface area (Å²) in [6.07, 6.45) is 10.6. The minimum absolute atomic E-state index is 0.00903. The Hall–Kier alpha value is -6.42. The zero-order chi connectivity index (χ0) is 41.2. The lowest BCUT2D eigenvalue weighted by molar-refractivity contribution is 0.241. The smallest absolute Gasteiger partial charge is 0.162 e. The maximum absolute atomic E-state index is 6.86. The maximum Gasteiger partial charge on any atom is 0.162 e. The van der Waals surface area contributed by atoms with Gasteiger partial charge in [0.15, 0.2) is 11.5 Å². The summed E-state index contributed by atoms with van der Waals surface area (Å²) < 4.78 is 13.5. The highest BCUT2D eigenvalue weighted by Crippen LogP contribution is 2.73. The van der Waals surface area contributed by atoms with Gasteiger partial charge in [0.05, 0.1) is 0 Å². The minimum Gasteiger partial charge on any atom is -0.485 e. The molecule has 3 nitrogen and oxygen atoms in total. The number of ether oxygens (including phenoxy) is 2. The van der Waals surface area contributed by atoms with E-state index in [2.05, 4.69) is 115 Å². The molecule has 65 heavy (non-hydrogen) atoms. The summed E-state index contributed by atoms with van der Waals surface area (Å²) in [7, 11) is 2.45. The van der Waals surface area contributed by atoms with Crippen LogP contribution in [-0.2, 0) is 31.5 Å². The number of benzene rings is 8. The number of rotatable bonds is 7. The van der Waals surface area contributed by atoms with Gasteiger partial charge in [-0.15, -0.1) is 0 Å². The monoisotopic (exact) mass is 831 g/mol. The van der Waals surface area contributed by atoms with Crippen molar-refractivity contribution in [3.05, 3.63) is 169 Å². The Morgan fingerprint density at radius 2 is 1.40 bits per heavy atom. The molecule has 1 aliphatic heterocycles. The van der Waals surface area contributed by atoms with E-state index in [-0.39, 0.29) is 11.5 Å². The van der Waals surface area contributed by atoms with E-state index in [1.807, 2.05) is 5.57 Å². The van der Waals surface area contributed by atoms with E-state index in [0.29, 0.717) is 48.7 Å². The number of hydrogen-bond acceptors (Lipinski definition) is 3. The van der Waals surface area contributed by atoms with Crippen LogP contribution in [0.3, 0.4) is 0 Å². The van der Waals surface area contributed by atoms with Crippen LogP contribution in [0.15, 0.2) is 109 Å². The summed E-state index contributed by atoms with van der Waals surface area (Å²) in [5.41, 5.74) is 20.9. The van der Waals surface area contributed by atoms with Gasteiger partial charge in [-0.2, -0.15) is 0 Å². The van der Waals surface area contributed by atoms with Crippen LogP contribution >= 0.6 is 0 Å². The molecule has 3 heteroatoms. The number of likely N-dealkylation sites (N-methyl/N-ethyl adjacent to an activating group) is 1. The van der Waals surface area contributed by atoms with Gasteiger partial charge >= 0.3 is 0 Å². The quantitative estimate of drug-likeness (QED) is 0.149. The SMILES string of the molecule is CN1CC23Cc4cc5cc6c7c8c9c%10c%11c%12c%13c(c%14c2c4c2c5c7c%10c2c%14%12)C(C=C2CC4CC(C=C8C6)C9C=%11C4C=%132)C3C1c1ccc(OCc2ccccc2)c(OCc2ccccc2)c1. The van der Waals surface area contributed by atoms with Crippen LogP contribution in [0.5, 0.6) is 11.5 Å². The van der Waals surface area contributed by atoms with Crippen molar-refractivity contribution in [2.24, 2.45) is 23.7 Å². The van der Waals surface area contributed by atoms with Gasteiger partial charge in [-0.25, -0.2) is 0 Å². The lowest BCUT2D eigenvalue weighted by atomic mass is 9.57. The van der Waals surface area contributed by atoms with Crippen LogP contribution in [0.25, 0.3) is 81.4 Å². The number of nitrogens with zero attached hydrogens (tertiary/aromatic N) is 1. The lowest BCUT2D eigenvalue weighted by Crippen LogP contribution is -2.43. The minimum atomic E-state index is 0.00903. The molecule has 0 aromatic heterocycles. The third-order valence-electron chi connectivity index (χ3n) is 20.1. The van der Waals surface area contributed by atoms with Crippen molar-refractivity contribution < 1.29 is 9.47 Å². The average Bonchev–Trinajstić information content (AvgIpc) is 4.19. The Kier molecular flexibility index (Phi) is 4.91. The zero-order valence-electron chi connectivity index (χ0n) is 36.1. The second kappa shape index (κ2) is 9.88. The normalized spacial score (nSPS) is 29.4. The topological polar surface area (TPSA) is 21.7 Å². The van der Waals surface area contributed by atoms with E-state index in [0.717, 1.165) is 36.4 Å². The molecule has 0 bridgehead atoms. The Labute approximate surface area is 374 Å². The molecule has 1 heterocycles. The van der Waals surface area contributed by atoms with Gasteiger partial charge in [0, 0.05) is 41.7 Å². The number of hydrogen-bond donors (Lipinski definition) is 0. The molecule has 1 spiro atoms. The van der Waals surface area contributed by atoms with Crippen molar-refractivity contribution in [1.82, 2.24) is 4.90 Å². The van der Waals surface area contributed by atoms with E-state index in [1.54, 1.807) is 120 Å². The van der Waals surface area contributed by atoms with Gasteiger partial charge in [0.1, 0.15) is 13.2 Å².